The van der Waals surface area contributed by atoms with Gasteiger partial charge in [-0.2, -0.15) is 0 Å². The first-order chi connectivity index (χ1) is 7.71. The Morgan fingerprint density at radius 1 is 1.24 bits per heavy atom. The van der Waals surface area contributed by atoms with E-state index in [1.54, 1.807) is 0 Å². The first kappa shape index (κ1) is 14.1. The summed E-state index contributed by atoms with van der Waals surface area (Å²) in [6.07, 6.45) is -0.562. The minimum absolute atomic E-state index is 0.139. The Morgan fingerprint density at radius 3 is 2.29 bits per heavy atom. The zero-order valence-electron chi connectivity index (χ0n) is 10.4. The van der Waals surface area contributed by atoms with Gasteiger partial charge in [-0.1, -0.05) is 26.8 Å². The quantitative estimate of drug-likeness (QED) is 0.857. The fourth-order valence-electron chi connectivity index (χ4n) is 1.45. The maximum Gasteiger partial charge on any atom is 0.159 e. The molecule has 0 aromatic heterocycles. The van der Waals surface area contributed by atoms with Gasteiger partial charge in [-0.25, -0.2) is 8.78 Å². The van der Waals surface area contributed by atoms with Crippen molar-refractivity contribution in [3.63, 3.8) is 0 Å². The van der Waals surface area contributed by atoms with Gasteiger partial charge in [0.2, 0.25) is 0 Å². The zero-order chi connectivity index (χ0) is 13.2. The van der Waals surface area contributed by atoms with Crippen molar-refractivity contribution < 1.29 is 13.9 Å². The lowest BCUT2D eigenvalue weighted by atomic mass is 9.83. The Kier molecular flexibility index (Phi) is 4.22. The van der Waals surface area contributed by atoms with Gasteiger partial charge < -0.3 is 10.8 Å². The molecule has 0 unspecified atom stereocenters. The van der Waals surface area contributed by atoms with Gasteiger partial charge in [-0.05, 0) is 29.5 Å². The van der Waals surface area contributed by atoms with E-state index >= 15 is 0 Å². The standard InChI is InChI=1S/C13H19F2NO/c1-13(2,3)12(16)7-11(17)8-4-5-9(14)10(15)6-8/h4-6,11-12,17H,7,16H2,1-3H3/t11-,12+/m1/s1. The molecule has 3 N–H and O–H groups in total. The normalized spacial score (nSPS) is 15.7. The molecule has 2 atom stereocenters. The molecule has 17 heavy (non-hydrogen) atoms. The monoisotopic (exact) mass is 243 g/mol. The second kappa shape index (κ2) is 5.10. The van der Waals surface area contributed by atoms with Crippen LogP contribution in [0, 0.1) is 17.0 Å². The minimum atomic E-state index is -0.953. The third-order valence-corrected chi connectivity index (χ3v) is 2.92. The number of benzene rings is 1. The van der Waals surface area contributed by atoms with Gasteiger partial charge >= 0.3 is 0 Å². The molecule has 1 aromatic rings. The summed E-state index contributed by atoms with van der Waals surface area (Å²) in [6, 6.07) is 3.18. The molecule has 0 fully saturated rings. The van der Waals surface area contributed by atoms with Crippen molar-refractivity contribution >= 4 is 0 Å². The molecule has 2 nitrogen and oxygen atoms in total. The summed E-state index contributed by atoms with van der Waals surface area (Å²) in [5.41, 5.74) is 6.14. The summed E-state index contributed by atoms with van der Waals surface area (Å²) < 4.78 is 25.7. The highest BCUT2D eigenvalue weighted by Crippen LogP contribution is 2.27. The summed E-state index contributed by atoms with van der Waals surface area (Å²) in [5.74, 6) is -1.87. The lowest BCUT2D eigenvalue weighted by molar-refractivity contribution is 0.133. The van der Waals surface area contributed by atoms with Gasteiger partial charge in [0.05, 0.1) is 6.10 Å². The third-order valence-electron chi connectivity index (χ3n) is 2.92. The SMILES string of the molecule is CC(C)(C)[C@@H](N)C[C@@H](O)c1ccc(F)c(F)c1. The van der Waals surface area contributed by atoms with Crippen molar-refractivity contribution in [1.29, 1.82) is 0 Å². The van der Waals surface area contributed by atoms with Gasteiger partial charge in [0, 0.05) is 6.04 Å². The molecule has 0 radical (unpaired) electrons. The van der Waals surface area contributed by atoms with Crippen molar-refractivity contribution in [2.45, 2.75) is 39.3 Å². The average molecular weight is 243 g/mol. The van der Waals surface area contributed by atoms with E-state index in [2.05, 4.69) is 0 Å². The predicted octanol–water partition coefficient (Wildman–Crippen LogP) is 2.76. The van der Waals surface area contributed by atoms with Gasteiger partial charge in [0.25, 0.3) is 0 Å². The number of hydrogen-bond donors (Lipinski definition) is 2. The molecule has 0 aliphatic rings. The lowest BCUT2D eigenvalue weighted by Crippen LogP contribution is -2.36. The summed E-state index contributed by atoms with van der Waals surface area (Å²) in [5, 5.41) is 9.90. The van der Waals surface area contributed by atoms with Crippen molar-refractivity contribution in [3.8, 4) is 0 Å². The van der Waals surface area contributed by atoms with Crippen LogP contribution in [0.5, 0.6) is 0 Å². The molecule has 0 saturated heterocycles. The molecule has 1 aromatic carbocycles. The first-order valence-corrected chi connectivity index (χ1v) is 5.60. The van der Waals surface area contributed by atoms with E-state index < -0.39 is 17.7 Å². The summed E-state index contributed by atoms with van der Waals surface area (Å²) in [6.45, 7) is 5.90. The fourth-order valence-corrected chi connectivity index (χ4v) is 1.45. The number of rotatable bonds is 3. The molecule has 1 rings (SSSR count). The predicted molar refractivity (Wildman–Crippen MR) is 63.4 cm³/mol. The van der Waals surface area contributed by atoms with Crippen LogP contribution in [-0.2, 0) is 0 Å². The van der Waals surface area contributed by atoms with Gasteiger partial charge in [0.15, 0.2) is 11.6 Å². The summed E-state index contributed by atoms with van der Waals surface area (Å²) >= 11 is 0. The number of hydrogen-bond acceptors (Lipinski definition) is 2. The number of aliphatic hydroxyl groups is 1. The molecule has 0 amide bonds. The first-order valence-electron chi connectivity index (χ1n) is 5.60. The van der Waals surface area contributed by atoms with E-state index in [4.69, 9.17) is 5.73 Å². The van der Waals surface area contributed by atoms with Crippen LogP contribution in [0.25, 0.3) is 0 Å². The Labute approximate surface area is 100 Å². The second-order valence-corrected chi connectivity index (χ2v) is 5.40. The smallest absolute Gasteiger partial charge is 0.159 e. The molecule has 0 heterocycles. The van der Waals surface area contributed by atoms with E-state index in [1.807, 2.05) is 20.8 Å². The largest absolute Gasteiger partial charge is 0.388 e. The van der Waals surface area contributed by atoms with Crippen LogP contribution in [0.15, 0.2) is 18.2 Å². The summed E-state index contributed by atoms with van der Waals surface area (Å²) in [7, 11) is 0. The molecule has 4 heteroatoms. The molecular formula is C13H19F2NO. The molecular weight excluding hydrogens is 224 g/mol. The van der Waals surface area contributed by atoms with Crippen molar-refractivity contribution in [2.75, 3.05) is 0 Å². The highest BCUT2D eigenvalue weighted by atomic mass is 19.2. The van der Waals surface area contributed by atoms with Crippen LogP contribution in [-0.4, -0.2) is 11.1 Å². The molecule has 96 valence electrons. The van der Waals surface area contributed by atoms with Gasteiger partial charge in [0.1, 0.15) is 0 Å². The van der Waals surface area contributed by atoms with Crippen molar-refractivity contribution in [2.24, 2.45) is 11.1 Å². The maximum atomic E-state index is 13.0. The van der Waals surface area contributed by atoms with Gasteiger partial charge in [-0.15, -0.1) is 0 Å². The van der Waals surface area contributed by atoms with E-state index in [1.165, 1.54) is 6.07 Å². The van der Waals surface area contributed by atoms with Crippen molar-refractivity contribution in [3.05, 3.63) is 35.4 Å². The Hall–Kier alpha value is -1.00. The van der Waals surface area contributed by atoms with Crippen LogP contribution < -0.4 is 5.73 Å². The van der Waals surface area contributed by atoms with E-state index in [-0.39, 0.29) is 11.5 Å². The number of nitrogens with two attached hydrogens (primary N) is 1. The topological polar surface area (TPSA) is 46.2 Å². The van der Waals surface area contributed by atoms with Crippen LogP contribution in [0.4, 0.5) is 8.78 Å². The fraction of sp³-hybridized carbons (Fsp3) is 0.538. The van der Waals surface area contributed by atoms with E-state index in [0.29, 0.717) is 12.0 Å². The van der Waals surface area contributed by atoms with E-state index in [9.17, 15) is 13.9 Å². The summed E-state index contributed by atoms with van der Waals surface area (Å²) in [4.78, 5) is 0. The number of aliphatic hydroxyl groups excluding tert-OH is 1. The van der Waals surface area contributed by atoms with Crippen LogP contribution in [0.3, 0.4) is 0 Å². The molecule has 0 aliphatic heterocycles. The second-order valence-electron chi connectivity index (χ2n) is 5.40. The Balaban J connectivity index is 2.76. The van der Waals surface area contributed by atoms with Crippen LogP contribution in [0.2, 0.25) is 0 Å². The Bertz CT molecular complexity index is 387. The van der Waals surface area contributed by atoms with Crippen molar-refractivity contribution in [1.82, 2.24) is 0 Å². The average Bonchev–Trinajstić information content (AvgIpc) is 2.20. The third kappa shape index (κ3) is 3.75. The minimum Gasteiger partial charge on any atom is -0.388 e. The van der Waals surface area contributed by atoms with Crippen LogP contribution >= 0.6 is 0 Å². The highest BCUT2D eigenvalue weighted by Gasteiger charge is 2.24. The highest BCUT2D eigenvalue weighted by molar-refractivity contribution is 5.20. The molecule has 0 saturated carbocycles. The van der Waals surface area contributed by atoms with Crippen LogP contribution in [0.1, 0.15) is 38.9 Å². The zero-order valence-corrected chi connectivity index (χ0v) is 10.4. The lowest BCUT2D eigenvalue weighted by Gasteiger charge is -2.29. The molecule has 0 spiro atoms. The maximum absolute atomic E-state index is 13.0. The number of halogens is 2. The Morgan fingerprint density at radius 2 is 1.82 bits per heavy atom. The van der Waals surface area contributed by atoms with Gasteiger partial charge in [-0.3, -0.25) is 0 Å². The van der Waals surface area contributed by atoms with E-state index in [0.717, 1.165) is 12.1 Å². The molecule has 0 aliphatic carbocycles. The molecule has 0 bridgehead atoms.